The molecule has 2 atom stereocenters. The molecule has 4 nitrogen and oxygen atoms in total. The Labute approximate surface area is 206 Å². The molecular formula is C28H29FN4S. The van der Waals surface area contributed by atoms with Gasteiger partial charge in [0, 0.05) is 30.2 Å². The zero-order valence-electron chi connectivity index (χ0n) is 20.1. The first kappa shape index (κ1) is 22.5. The van der Waals surface area contributed by atoms with Crippen molar-refractivity contribution in [3.8, 4) is 0 Å². The summed E-state index contributed by atoms with van der Waals surface area (Å²) in [5.41, 5.74) is 7.13. The maximum atomic E-state index is 14.1. The van der Waals surface area contributed by atoms with Gasteiger partial charge in [-0.05, 0) is 99.1 Å². The topological polar surface area (TPSA) is 31.4 Å². The molecule has 0 saturated carbocycles. The van der Waals surface area contributed by atoms with Crippen molar-refractivity contribution in [1.82, 2.24) is 10.3 Å². The third-order valence-corrected chi connectivity index (χ3v) is 7.41. The standard InChI is InChI=1S/C28H29FN4S/c1-17-14-20(10-11-22(17)29)33-26(25(31-27(33)34)23-8-6-7-13-30-23)19-9-12-24-21(15-19)18(2)16-28(3,4)32(24)5/h6-16,25-26H,1-5H3,(H,31,34)/t25-,26+/m0/s1. The summed E-state index contributed by atoms with van der Waals surface area (Å²) < 4.78 is 14.1. The van der Waals surface area contributed by atoms with Crippen LogP contribution in [0.4, 0.5) is 15.8 Å². The smallest absolute Gasteiger partial charge is 0.174 e. The molecule has 2 aliphatic heterocycles. The first-order valence-corrected chi connectivity index (χ1v) is 11.9. The first-order chi connectivity index (χ1) is 16.2. The molecule has 1 saturated heterocycles. The van der Waals surface area contributed by atoms with E-state index in [0.717, 1.165) is 16.9 Å². The first-order valence-electron chi connectivity index (χ1n) is 11.5. The molecule has 2 aromatic carbocycles. The monoisotopic (exact) mass is 472 g/mol. The number of fused-ring (bicyclic) bond motifs is 1. The lowest BCUT2D eigenvalue weighted by molar-refractivity contribution is 0.566. The quantitative estimate of drug-likeness (QED) is 0.450. The maximum absolute atomic E-state index is 14.1. The van der Waals surface area contributed by atoms with Gasteiger partial charge in [-0.3, -0.25) is 4.98 Å². The van der Waals surface area contributed by atoms with Crippen LogP contribution in [0.3, 0.4) is 0 Å². The Morgan fingerprint density at radius 3 is 2.56 bits per heavy atom. The Kier molecular flexibility index (Phi) is 5.44. The second-order valence-corrected chi connectivity index (χ2v) is 10.1. The molecule has 0 spiro atoms. The van der Waals surface area contributed by atoms with Crippen LogP contribution >= 0.6 is 12.2 Å². The number of rotatable bonds is 3. The highest BCUT2D eigenvalue weighted by atomic mass is 32.1. The molecular weight excluding hydrogens is 443 g/mol. The molecule has 1 aromatic heterocycles. The molecule has 3 aromatic rings. The van der Waals surface area contributed by atoms with E-state index in [2.05, 4.69) is 72.2 Å². The molecule has 1 fully saturated rings. The Bertz CT molecular complexity index is 1300. The van der Waals surface area contributed by atoms with Crippen molar-refractivity contribution in [2.24, 2.45) is 0 Å². The number of nitrogens with zero attached hydrogens (tertiary/aromatic N) is 3. The SMILES string of the molecule is CC1=CC(C)(C)N(C)c2ccc([C@@H]3[C@H](c4ccccn4)NC(=S)N3c3ccc(F)c(C)c3)cc21. The molecule has 174 valence electrons. The van der Waals surface area contributed by atoms with Crippen molar-refractivity contribution in [2.75, 3.05) is 16.8 Å². The number of thiocarbonyl (C=S) groups is 1. The second-order valence-electron chi connectivity index (χ2n) is 9.75. The molecule has 5 rings (SSSR count). The number of benzene rings is 2. The fourth-order valence-corrected chi connectivity index (χ4v) is 5.46. The van der Waals surface area contributed by atoms with Crippen molar-refractivity contribution in [3.05, 3.63) is 95.1 Å². The number of aryl methyl sites for hydroxylation is 1. The molecule has 0 aliphatic carbocycles. The van der Waals surface area contributed by atoms with Gasteiger partial charge in [0.15, 0.2) is 5.11 Å². The van der Waals surface area contributed by atoms with Gasteiger partial charge in [-0.15, -0.1) is 0 Å². The van der Waals surface area contributed by atoms with Gasteiger partial charge < -0.3 is 15.1 Å². The predicted molar refractivity (Wildman–Crippen MR) is 142 cm³/mol. The van der Waals surface area contributed by atoms with Crippen LogP contribution in [0.15, 0.2) is 66.9 Å². The van der Waals surface area contributed by atoms with Gasteiger partial charge in [-0.2, -0.15) is 0 Å². The highest BCUT2D eigenvalue weighted by Crippen LogP contribution is 2.45. The Morgan fingerprint density at radius 2 is 1.85 bits per heavy atom. The number of aromatic nitrogens is 1. The van der Waals surface area contributed by atoms with Gasteiger partial charge in [-0.25, -0.2) is 4.39 Å². The third-order valence-electron chi connectivity index (χ3n) is 7.10. The van der Waals surface area contributed by atoms with Crippen LogP contribution in [-0.2, 0) is 0 Å². The van der Waals surface area contributed by atoms with Crippen LogP contribution < -0.4 is 15.1 Å². The van der Waals surface area contributed by atoms with Crippen molar-refractivity contribution in [1.29, 1.82) is 0 Å². The summed E-state index contributed by atoms with van der Waals surface area (Å²) in [4.78, 5) is 9.04. The van der Waals surface area contributed by atoms with Crippen molar-refractivity contribution in [3.63, 3.8) is 0 Å². The predicted octanol–water partition coefficient (Wildman–Crippen LogP) is 6.34. The minimum atomic E-state index is -0.222. The zero-order chi connectivity index (χ0) is 24.2. The fraction of sp³-hybridized carbons (Fsp3) is 0.286. The lowest BCUT2D eigenvalue weighted by Gasteiger charge is -2.41. The summed E-state index contributed by atoms with van der Waals surface area (Å²) >= 11 is 5.82. The van der Waals surface area contributed by atoms with Crippen molar-refractivity contribution < 1.29 is 4.39 Å². The van der Waals surface area contributed by atoms with E-state index in [4.69, 9.17) is 12.2 Å². The van der Waals surface area contributed by atoms with E-state index in [1.807, 2.05) is 24.3 Å². The summed E-state index contributed by atoms with van der Waals surface area (Å²) in [6.45, 7) is 8.40. The van der Waals surface area contributed by atoms with Crippen molar-refractivity contribution in [2.45, 2.75) is 45.3 Å². The van der Waals surface area contributed by atoms with E-state index in [9.17, 15) is 4.39 Å². The molecule has 0 radical (unpaired) electrons. The molecule has 2 aliphatic rings. The minimum absolute atomic E-state index is 0.0523. The van der Waals surface area contributed by atoms with E-state index in [1.54, 1.807) is 19.2 Å². The highest BCUT2D eigenvalue weighted by Gasteiger charge is 2.41. The number of likely N-dealkylation sites (N-methyl/N-ethyl adjacent to an activating group) is 1. The van der Waals surface area contributed by atoms with Gasteiger partial charge in [0.25, 0.3) is 0 Å². The van der Waals surface area contributed by atoms with Gasteiger partial charge in [0.05, 0.1) is 23.3 Å². The second kappa shape index (κ2) is 8.20. The molecule has 34 heavy (non-hydrogen) atoms. The lowest BCUT2D eigenvalue weighted by atomic mass is 9.86. The van der Waals surface area contributed by atoms with Gasteiger partial charge >= 0.3 is 0 Å². The van der Waals surface area contributed by atoms with Gasteiger partial charge in [-0.1, -0.05) is 18.2 Å². The van der Waals surface area contributed by atoms with Crippen LogP contribution in [0.25, 0.3) is 5.57 Å². The van der Waals surface area contributed by atoms with Crippen LogP contribution in [0.1, 0.15) is 55.2 Å². The van der Waals surface area contributed by atoms with E-state index < -0.39 is 0 Å². The minimum Gasteiger partial charge on any atom is -0.366 e. The third kappa shape index (κ3) is 3.66. The molecule has 0 unspecified atom stereocenters. The number of anilines is 2. The summed E-state index contributed by atoms with van der Waals surface area (Å²) in [6, 6.07) is 17.5. The largest absolute Gasteiger partial charge is 0.366 e. The van der Waals surface area contributed by atoms with Crippen LogP contribution in [0.5, 0.6) is 0 Å². The lowest BCUT2D eigenvalue weighted by Crippen LogP contribution is -2.42. The Morgan fingerprint density at radius 1 is 1.06 bits per heavy atom. The molecule has 1 N–H and O–H groups in total. The number of hydrogen-bond donors (Lipinski definition) is 1. The number of halogens is 1. The normalized spacial score (nSPS) is 21.2. The summed E-state index contributed by atoms with van der Waals surface area (Å²) in [5, 5.41) is 4.10. The maximum Gasteiger partial charge on any atom is 0.174 e. The number of nitrogens with one attached hydrogen (secondary N) is 1. The van der Waals surface area contributed by atoms with E-state index in [0.29, 0.717) is 10.7 Å². The molecule has 0 amide bonds. The van der Waals surface area contributed by atoms with Crippen LogP contribution in [0.2, 0.25) is 0 Å². The number of hydrogen-bond acceptors (Lipinski definition) is 3. The van der Waals surface area contributed by atoms with E-state index >= 15 is 0 Å². The summed E-state index contributed by atoms with van der Waals surface area (Å²) in [7, 11) is 2.14. The molecule has 0 bridgehead atoms. The van der Waals surface area contributed by atoms with Crippen molar-refractivity contribution >= 4 is 34.3 Å². The van der Waals surface area contributed by atoms with Crippen LogP contribution in [0, 0.1) is 12.7 Å². The summed E-state index contributed by atoms with van der Waals surface area (Å²) in [5.74, 6) is -0.222. The number of allylic oxidation sites excluding steroid dienone is 1. The average Bonchev–Trinajstić information content (AvgIpc) is 3.16. The van der Waals surface area contributed by atoms with Gasteiger partial charge in [0.2, 0.25) is 0 Å². The molecule has 6 heteroatoms. The molecule has 3 heterocycles. The zero-order valence-corrected chi connectivity index (χ0v) is 20.9. The summed E-state index contributed by atoms with van der Waals surface area (Å²) in [6.07, 6.45) is 4.12. The van der Waals surface area contributed by atoms with E-state index in [1.165, 1.54) is 22.9 Å². The average molecular weight is 473 g/mol. The Balaban J connectivity index is 1.67. The van der Waals surface area contributed by atoms with E-state index in [-0.39, 0.29) is 23.4 Å². The highest BCUT2D eigenvalue weighted by molar-refractivity contribution is 7.80. The van der Waals surface area contributed by atoms with Crippen LogP contribution in [-0.4, -0.2) is 22.7 Å². The van der Waals surface area contributed by atoms with Gasteiger partial charge in [0.1, 0.15) is 5.82 Å². The Hall–Kier alpha value is -3.25. The number of pyridine rings is 1. The fourth-order valence-electron chi connectivity index (χ4n) is 5.11.